The van der Waals surface area contributed by atoms with Crippen LogP contribution in [-0.4, -0.2) is 49.2 Å². The number of hydrogen-bond acceptors (Lipinski definition) is 5. The Morgan fingerprint density at radius 1 is 1.75 bits per heavy atom. The number of nitrogens with zero attached hydrogens (tertiary/aromatic N) is 1. The largest absolute Gasteiger partial charge is 0.443 e. The van der Waals surface area contributed by atoms with E-state index in [1.54, 1.807) is 0 Å². The molecule has 1 aliphatic rings. The molecular weight excluding hydrogens is 210 g/mol. The molecule has 0 aromatic carbocycles. The van der Waals surface area contributed by atoms with Crippen molar-refractivity contribution in [3.05, 3.63) is 12.7 Å². The van der Waals surface area contributed by atoms with Crippen molar-refractivity contribution in [2.45, 2.75) is 25.7 Å². The zero-order valence-corrected chi connectivity index (χ0v) is 9.43. The van der Waals surface area contributed by atoms with Crippen LogP contribution in [0.4, 0.5) is 0 Å². The van der Waals surface area contributed by atoms with Gasteiger partial charge in [0.05, 0.1) is 6.61 Å². The molecule has 1 heterocycles. The third-order valence-electron chi connectivity index (χ3n) is 2.45. The van der Waals surface area contributed by atoms with E-state index in [0.717, 1.165) is 12.4 Å². The summed E-state index contributed by atoms with van der Waals surface area (Å²) in [6.45, 7) is 6.88. The first kappa shape index (κ1) is 12.9. The van der Waals surface area contributed by atoms with Gasteiger partial charge in [-0.2, -0.15) is 0 Å². The van der Waals surface area contributed by atoms with Crippen molar-refractivity contribution in [2.24, 2.45) is 0 Å². The minimum atomic E-state index is -0.444. The molecule has 1 aliphatic heterocycles. The van der Waals surface area contributed by atoms with Gasteiger partial charge < -0.3 is 14.3 Å². The second-order valence-electron chi connectivity index (χ2n) is 3.54. The normalized spacial score (nSPS) is 23.4. The van der Waals surface area contributed by atoms with Crippen molar-refractivity contribution in [3.8, 4) is 0 Å². The highest BCUT2D eigenvalue weighted by atomic mass is 16.6. The maximum atomic E-state index is 11.1. The summed E-state index contributed by atoms with van der Waals surface area (Å²) in [5.41, 5.74) is 0. The molecule has 0 aromatic rings. The van der Waals surface area contributed by atoms with Crippen molar-refractivity contribution in [2.75, 3.05) is 19.7 Å². The number of ether oxygens (including phenoxy) is 2. The van der Waals surface area contributed by atoms with Gasteiger partial charge in [-0.3, -0.25) is 4.90 Å². The molecule has 90 valence electrons. The molecule has 16 heavy (non-hydrogen) atoms. The van der Waals surface area contributed by atoms with Crippen LogP contribution in [0.5, 0.6) is 0 Å². The first-order chi connectivity index (χ1) is 7.71. The molecule has 1 fully saturated rings. The van der Waals surface area contributed by atoms with E-state index in [4.69, 9.17) is 9.47 Å². The Morgan fingerprint density at radius 2 is 2.50 bits per heavy atom. The molecule has 2 unspecified atom stereocenters. The number of carbonyl (C=O) groups excluding carboxylic acids is 2. The van der Waals surface area contributed by atoms with E-state index >= 15 is 0 Å². The van der Waals surface area contributed by atoms with Gasteiger partial charge in [0.1, 0.15) is 12.4 Å². The first-order valence-electron chi connectivity index (χ1n) is 5.35. The summed E-state index contributed by atoms with van der Waals surface area (Å²) >= 11 is 0. The van der Waals surface area contributed by atoms with Crippen molar-refractivity contribution in [1.29, 1.82) is 0 Å². The van der Waals surface area contributed by atoms with Crippen molar-refractivity contribution < 1.29 is 19.1 Å². The monoisotopic (exact) mass is 227 g/mol. The molecule has 0 aliphatic carbocycles. The van der Waals surface area contributed by atoms with Crippen LogP contribution < -0.4 is 0 Å². The summed E-state index contributed by atoms with van der Waals surface area (Å²) in [6, 6.07) is 0. The summed E-state index contributed by atoms with van der Waals surface area (Å²) in [5, 5.41) is 0. The Morgan fingerprint density at radius 3 is 3.06 bits per heavy atom. The van der Waals surface area contributed by atoms with Crippen LogP contribution in [0, 0.1) is 0 Å². The number of morpholine rings is 1. The lowest BCUT2D eigenvalue weighted by atomic mass is 10.2. The van der Waals surface area contributed by atoms with Crippen LogP contribution in [0.1, 0.15) is 13.3 Å². The summed E-state index contributed by atoms with van der Waals surface area (Å²) in [7, 11) is 0. The zero-order valence-electron chi connectivity index (χ0n) is 9.43. The van der Waals surface area contributed by atoms with Crippen LogP contribution in [0.15, 0.2) is 12.7 Å². The summed E-state index contributed by atoms with van der Waals surface area (Å²) in [4.78, 5) is 23.7. The van der Waals surface area contributed by atoms with Crippen molar-refractivity contribution in [3.63, 3.8) is 0 Å². The van der Waals surface area contributed by atoms with Gasteiger partial charge >= 0.3 is 5.97 Å². The topological polar surface area (TPSA) is 55.8 Å². The fraction of sp³-hybridized carbons (Fsp3) is 0.636. The molecule has 1 saturated heterocycles. The highest BCUT2D eigenvalue weighted by Gasteiger charge is 2.26. The number of rotatable bonds is 5. The fourth-order valence-corrected chi connectivity index (χ4v) is 1.64. The summed E-state index contributed by atoms with van der Waals surface area (Å²) < 4.78 is 10.4. The average molecular weight is 227 g/mol. The molecule has 2 atom stereocenters. The molecule has 0 saturated carbocycles. The van der Waals surface area contributed by atoms with E-state index in [0.29, 0.717) is 26.1 Å². The molecule has 0 spiro atoms. The smallest absolute Gasteiger partial charge is 0.331 e. The van der Waals surface area contributed by atoms with E-state index in [-0.39, 0.29) is 6.23 Å². The molecule has 5 heteroatoms. The highest BCUT2D eigenvalue weighted by molar-refractivity contribution is 5.81. The number of aldehydes is 1. The van der Waals surface area contributed by atoms with E-state index in [1.807, 2.05) is 11.8 Å². The van der Waals surface area contributed by atoms with Crippen LogP contribution in [0.3, 0.4) is 0 Å². The van der Waals surface area contributed by atoms with E-state index in [9.17, 15) is 9.59 Å². The van der Waals surface area contributed by atoms with Gasteiger partial charge in [-0.25, -0.2) is 4.79 Å². The SMILES string of the molecule is C=CC(=O)OC(CC)N1CCOC(C=O)C1. The number of carbonyl (C=O) groups is 2. The van der Waals surface area contributed by atoms with E-state index in [2.05, 4.69) is 6.58 Å². The fourth-order valence-electron chi connectivity index (χ4n) is 1.64. The van der Waals surface area contributed by atoms with Gasteiger partial charge in [0.2, 0.25) is 0 Å². The maximum absolute atomic E-state index is 11.1. The molecule has 0 amide bonds. The lowest BCUT2D eigenvalue weighted by Crippen LogP contribution is -2.49. The van der Waals surface area contributed by atoms with Gasteiger partial charge in [-0.1, -0.05) is 13.5 Å². The van der Waals surface area contributed by atoms with Gasteiger partial charge in [0.15, 0.2) is 6.23 Å². The molecule has 0 N–H and O–H groups in total. The minimum absolute atomic E-state index is 0.308. The Labute approximate surface area is 95.0 Å². The van der Waals surface area contributed by atoms with E-state index < -0.39 is 12.1 Å². The predicted molar refractivity (Wildman–Crippen MR) is 57.7 cm³/mol. The van der Waals surface area contributed by atoms with Gasteiger partial charge in [0.25, 0.3) is 0 Å². The minimum Gasteiger partial charge on any atom is -0.443 e. The average Bonchev–Trinajstić information content (AvgIpc) is 2.35. The first-order valence-corrected chi connectivity index (χ1v) is 5.35. The molecular formula is C11H17NO4. The molecule has 0 bridgehead atoms. The Balaban J connectivity index is 2.54. The third-order valence-corrected chi connectivity index (χ3v) is 2.45. The van der Waals surface area contributed by atoms with Crippen LogP contribution in [0.2, 0.25) is 0 Å². The molecule has 5 nitrogen and oxygen atoms in total. The molecule has 0 aromatic heterocycles. The van der Waals surface area contributed by atoms with Crippen LogP contribution in [0.25, 0.3) is 0 Å². The molecule has 0 radical (unpaired) electrons. The second kappa shape index (κ2) is 6.40. The van der Waals surface area contributed by atoms with Gasteiger partial charge in [-0.15, -0.1) is 0 Å². The summed E-state index contributed by atoms with van der Waals surface area (Å²) in [5.74, 6) is -0.444. The third kappa shape index (κ3) is 3.43. The summed E-state index contributed by atoms with van der Waals surface area (Å²) in [6.07, 6.45) is 1.85. The maximum Gasteiger partial charge on any atom is 0.331 e. The Hall–Kier alpha value is -1.20. The van der Waals surface area contributed by atoms with Crippen LogP contribution >= 0.6 is 0 Å². The second-order valence-corrected chi connectivity index (χ2v) is 3.54. The standard InChI is InChI=1S/C11H17NO4/c1-3-10(16-11(14)4-2)12-5-6-15-9(7-12)8-13/h4,8-10H,2-3,5-7H2,1H3. The number of esters is 1. The predicted octanol–water partition coefficient (Wildman–Crippen LogP) is 0.351. The Kier molecular flexibility index (Phi) is 5.14. The number of hydrogen-bond donors (Lipinski definition) is 0. The van der Waals surface area contributed by atoms with E-state index in [1.165, 1.54) is 0 Å². The van der Waals surface area contributed by atoms with Crippen molar-refractivity contribution >= 4 is 12.3 Å². The van der Waals surface area contributed by atoms with Crippen LogP contribution in [-0.2, 0) is 19.1 Å². The highest BCUT2D eigenvalue weighted by Crippen LogP contribution is 2.12. The van der Waals surface area contributed by atoms with Gasteiger partial charge in [0, 0.05) is 19.2 Å². The van der Waals surface area contributed by atoms with Gasteiger partial charge in [-0.05, 0) is 6.42 Å². The molecule has 1 rings (SSSR count). The van der Waals surface area contributed by atoms with Crippen molar-refractivity contribution in [1.82, 2.24) is 4.90 Å². The zero-order chi connectivity index (χ0) is 12.0. The Bertz CT molecular complexity index is 267. The lowest BCUT2D eigenvalue weighted by molar-refractivity contribution is -0.162. The lowest BCUT2D eigenvalue weighted by Gasteiger charge is -2.35. The quantitative estimate of drug-likeness (QED) is 0.385.